The first kappa shape index (κ1) is 9.76. The number of nitrogens with zero attached hydrogens (tertiary/aromatic N) is 2. The Hall–Kier alpha value is -1.78. The van der Waals surface area contributed by atoms with E-state index in [2.05, 4.69) is 5.10 Å². The van der Waals surface area contributed by atoms with Crippen molar-refractivity contribution in [1.82, 2.24) is 9.78 Å². The van der Waals surface area contributed by atoms with E-state index in [0.29, 0.717) is 11.8 Å². The van der Waals surface area contributed by atoms with E-state index in [9.17, 15) is 13.2 Å². The molecule has 1 aromatic carbocycles. The third-order valence-corrected chi connectivity index (χ3v) is 1.96. The van der Waals surface area contributed by atoms with Crippen LogP contribution in [0.15, 0.2) is 24.4 Å². The summed E-state index contributed by atoms with van der Waals surface area (Å²) in [7, 11) is 0. The van der Waals surface area contributed by atoms with Crippen LogP contribution in [0.2, 0.25) is 0 Å². The molecule has 0 saturated heterocycles. The highest BCUT2D eigenvalue weighted by atomic mass is 19.2. The topological polar surface area (TPSA) is 17.8 Å². The zero-order chi connectivity index (χ0) is 11.0. The Morgan fingerprint density at radius 1 is 1.07 bits per heavy atom. The highest BCUT2D eigenvalue weighted by molar-refractivity contribution is 5.33. The summed E-state index contributed by atoms with van der Waals surface area (Å²) in [6.45, 7) is 1.72. The van der Waals surface area contributed by atoms with E-state index in [1.807, 2.05) is 0 Å². The summed E-state index contributed by atoms with van der Waals surface area (Å²) >= 11 is 0. The number of aryl methyl sites for hydroxylation is 1. The summed E-state index contributed by atoms with van der Waals surface area (Å²) in [5, 5.41) is 3.90. The van der Waals surface area contributed by atoms with E-state index >= 15 is 0 Å². The van der Waals surface area contributed by atoms with Crippen molar-refractivity contribution in [2.45, 2.75) is 6.92 Å². The molecule has 0 amide bonds. The number of halogens is 3. The van der Waals surface area contributed by atoms with Crippen molar-refractivity contribution in [2.75, 3.05) is 0 Å². The molecule has 0 saturated carbocycles. The molecular formula is C10H7F3N2. The highest BCUT2D eigenvalue weighted by Crippen LogP contribution is 2.17. The van der Waals surface area contributed by atoms with Crippen LogP contribution in [0.3, 0.4) is 0 Å². The average molecular weight is 212 g/mol. The van der Waals surface area contributed by atoms with E-state index in [4.69, 9.17) is 0 Å². The van der Waals surface area contributed by atoms with Crippen molar-refractivity contribution in [1.29, 1.82) is 0 Å². The molecule has 0 spiro atoms. The van der Waals surface area contributed by atoms with Crippen LogP contribution < -0.4 is 0 Å². The van der Waals surface area contributed by atoms with Gasteiger partial charge in [0.1, 0.15) is 5.69 Å². The van der Waals surface area contributed by atoms with Gasteiger partial charge in [-0.1, -0.05) is 0 Å². The van der Waals surface area contributed by atoms with Crippen molar-refractivity contribution >= 4 is 0 Å². The predicted octanol–water partition coefficient (Wildman–Crippen LogP) is 2.60. The van der Waals surface area contributed by atoms with E-state index in [1.165, 1.54) is 6.20 Å². The number of hydrogen-bond donors (Lipinski definition) is 0. The maximum atomic E-state index is 13.3. The molecule has 0 bridgehead atoms. The number of aromatic nitrogens is 2. The normalized spacial score (nSPS) is 10.7. The van der Waals surface area contributed by atoms with E-state index in [-0.39, 0.29) is 5.69 Å². The van der Waals surface area contributed by atoms with Crippen LogP contribution in [0, 0.1) is 24.4 Å². The molecule has 78 valence electrons. The lowest BCUT2D eigenvalue weighted by Crippen LogP contribution is -2.01. The van der Waals surface area contributed by atoms with Gasteiger partial charge >= 0.3 is 0 Å². The first-order valence-corrected chi connectivity index (χ1v) is 4.25. The largest absolute Gasteiger partial charge is 0.238 e. The monoisotopic (exact) mass is 212 g/mol. The van der Waals surface area contributed by atoms with Gasteiger partial charge in [0, 0.05) is 18.3 Å². The van der Waals surface area contributed by atoms with E-state index < -0.39 is 17.5 Å². The Labute approximate surface area is 84.0 Å². The van der Waals surface area contributed by atoms with Crippen molar-refractivity contribution in [2.24, 2.45) is 0 Å². The van der Waals surface area contributed by atoms with Crippen molar-refractivity contribution < 1.29 is 13.2 Å². The average Bonchev–Trinajstić information content (AvgIpc) is 2.58. The van der Waals surface area contributed by atoms with Crippen LogP contribution in [0.1, 0.15) is 5.69 Å². The minimum Gasteiger partial charge on any atom is -0.238 e. The Morgan fingerprint density at radius 3 is 2.33 bits per heavy atom. The summed E-state index contributed by atoms with van der Waals surface area (Å²) in [6, 6.07) is 2.92. The Bertz CT molecular complexity index is 505. The van der Waals surface area contributed by atoms with Crippen LogP contribution in [0.5, 0.6) is 0 Å². The smallest absolute Gasteiger partial charge is 0.161 e. The standard InChI is InChI=1S/C10H7F3N2/c1-6-2-3-15(14-6)10-5-8(12)7(11)4-9(10)13/h2-5H,1H3. The molecule has 0 radical (unpaired) electrons. The Balaban J connectivity index is 2.58. The minimum absolute atomic E-state index is 0.109. The SMILES string of the molecule is Cc1ccn(-c2cc(F)c(F)cc2F)n1. The summed E-state index contributed by atoms with van der Waals surface area (Å²) in [5.74, 6) is -3.16. The molecular weight excluding hydrogens is 205 g/mol. The molecule has 1 heterocycles. The number of rotatable bonds is 1. The van der Waals surface area contributed by atoms with Gasteiger partial charge in [-0.3, -0.25) is 0 Å². The van der Waals surface area contributed by atoms with Gasteiger partial charge in [0.15, 0.2) is 17.5 Å². The number of hydrogen-bond acceptors (Lipinski definition) is 1. The molecule has 0 N–H and O–H groups in total. The fraction of sp³-hybridized carbons (Fsp3) is 0.100. The second kappa shape index (κ2) is 3.42. The first-order valence-electron chi connectivity index (χ1n) is 4.25. The summed E-state index contributed by atoms with van der Waals surface area (Å²) in [6.07, 6.45) is 1.48. The number of benzene rings is 1. The molecule has 2 nitrogen and oxygen atoms in total. The minimum atomic E-state index is -1.21. The lowest BCUT2D eigenvalue weighted by Gasteiger charge is -2.03. The van der Waals surface area contributed by atoms with Gasteiger partial charge in [0.25, 0.3) is 0 Å². The van der Waals surface area contributed by atoms with Crippen molar-refractivity contribution in [3.63, 3.8) is 0 Å². The molecule has 5 heteroatoms. The summed E-state index contributed by atoms with van der Waals surface area (Å²) in [5.41, 5.74) is 0.557. The van der Waals surface area contributed by atoms with Crippen LogP contribution in [0.25, 0.3) is 5.69 Å². The van der Waals surface area contributed by atoms with E-state index in [1.54, 1.807) is 13.0 Å². The Morgan fingerprint density at radius 2 is 1.73 bits per heavy atom. The highest BCUT2D eigenvalue weighted by Gasteiger charge is 2.11. The fourth-order valence-electron chi connectivity index (χ4n) is 1.24. The maximum Gasteiger partial charge on any atom is 0.161 e. The molecule has 0 aliphatic carbocycles. The van der Waals surface area contributed by atoms with Gasteiger partial charge < -0.3 is 0 Å². The third kappa shape index (κ3) is 1.72. The van der Waals surface area contributed by atoms with Gasteiger partial charge in [0.2, 0.25) is 0 Å². The molecule has 1 aromatic heterocycles. The zero-order valence-electron chi connectivity index (χ0n) is 7.84. The Kier molecular flexibility index (Phi) is 2.22. The molecule has 0 unspecified atom stereocenters. The molecule has 15 heavy (non-hydrogen) atoms. The third-order valence-electron chi connectivity index (χ3n) is 1.96. The quantitative estimate of drug-likeness (QED) is 0.664. The second-order valence-electron chi connectivity index (χ2n) is 3.12. The van der Waals surface area contributed by atoms with Crippen molar-refractivity contribution in [3.05, 3.63) is 47.5 Å². The second-order valence-corrected chi connectivity index (χ2v) is 3.12. The molecule has 2 aromatic rings. The molecule has 0 atom stereocenters. The molecule has 0 fully saturated rings. The predicted molar refractivity (Wildman–Crippen MR) is 48.2 cm³/mol. The molecule has 0 aliphatic rings. The van der Waals surface area contributed by atoms with Crippen molar-refractivity contribution in [3.8, 4) is 5.69 Å². The van der Waals surface area contributed by atoms with Crippen LogP contribution in [0.4, 0.5) is 13.2 Å². The van der Waals surface area contributed by atoms with Gasteiger partial charge in [-0.05, 0) is 13.0 Å². The molecule has 0 aliphatic heterocycles. The van der Waals surface area contributed by atoms with Gasteiger partial charge in [-0.15, -0.1) is 0 Å². The van der Waals surface area contributed by atoms with E-state index in [0.717, 1.165) is 10.7 Å². The lowest BCUT2D eigenvalue weighted by molar-refractivity contribution is 0.491. The van der Waals surface area contributed by atoms with Gasteiger partial charge in [0.05, 0.1) is 5.69 Å². The lowest BCUT2D eigenvalue weighted by atomic mass is 10.3. The van der Waals surface area contributed by atoms with Crippen LogP contribution >= 0.6 is 0 Å². The van der Waals surface area contributed by atoms with Gasteiger partial charge in [-0.2, -0.15) is 5.10 Å². The summed E-state index contributed by atoms with van der Waals surface area (Å²) < 4.78 is 39.9. The molecule has 2 rings (SSSR count). The zero-order valence-corrected chi connectivity index (χ0v) is 7.84. The summed E-state index contributed by atoms with van der Waals surface area (Å²) in [4.78, 5) is 0. The maximum absolute atomic E-state index is 13.3. The first-order chi connectivity index (χ1) is 7.08. The van der Waals surface area contributed by atoms with Crippen LogP contribution in [-0.2, 0) is 0 Å². The van der Waals surface area contributed by atoms with Gasteiger partial charge in [-0.25, -0.2) is 17.9 Å². The van der Waals surface area contributed by atoms with Crippen LogP contribution in [-0.4, -0.2) is 9.78 Å². The fourth-order valence-corrected chi connectivity index (χ4v) is 1.24.